The van der Waals surface area contributed by atoms with Gasteiger partial charge < -0.3 is 4.74 Å². The van der Waals surface area contributed by atoms with Crippen LogP contribution in [-0.4, -0.2) is 32.8 Å². The lowest BCUT2D eigenvalue weighted by Gasteiger charge is -2.04. The van der Waals surface area contributed by atoms with Crippen molar-refractivity contribution in [3.63, 3.8) is 0 Å². The highest BCUT2D eigenvalue weighted by Gasteiger charge is 2.15. The summed E-state index contributed by atoms with van der Waals surface area (Å²) in [6.45, 7) is 1.98. The van der Waals surface area contributed by atoms with E-state index in [0.717, 1.165) is 27.6 Å². The molecule has 0 spiro atoms. The largest absolute Gasteiger partial charge is 0.497 e. The second-order valence-corrected chi connectivity index (χ2v) is 7.16. The van der Waals surface area contributed by atoms with Crippen molar-refractivity contribution in [3.8, 4) is 22.7 Å². The SMILES string of the molecule is COc1ccc(-c2nc(NC(=O)c3cc(-n4cccn4)ccn3)sc2C)cc1. The standard InChI is InChI=1S/C20H17N5O2S/c1-13-18(14-4-6-16(27-2)7-5-14)23-20(28-13)24-19(26)17-12-15(8-10-21-17)25-11-3-9-22-25/h3-12H,1-2H3,(H,23,24,26). The number of carbonyl (C=O) groups excluding carboxylic acids is 1. The number of methoxy groups -OCH3 is 1. The lowest BCUT2D eigenvalue weighted by Crippen LogP contribution is -2.14. The average Bonchev–Trinajstić information content (AvgIpc) is 3.38. The molecule has 0 saturated carbocycles. The number of thiazole rings is 1. The Hall–Kier alpha value is -3.52. The highest BCUT2D eigenvalue weighted by molar-refractivity contribution is 7.16. The van der Waals surface area contributed by atoms with Gasteiger partial charge in [0, 0.05) is 29.0 Å². The fraction of sp³-hybridized carbons (Fsp3) is 0.100. The van der Waals surface area contributed by atoms with E-state index in [-0.39, 0.29) is 5.91 Å². The highest BCUT2D eigenvalue weighted by atomic mass is 32.1. The molecule has 4 aromatic rings. The van der Waals surface area contributed by atoms with Gasteiger partial charge in [-0.1, -0.05) is 0 Å². The number of aryl methyl sites for hydroxylation is 1. The zero-order valence-electron chi connectivity index (χ0n) is 15.3. The summed E-state index contributed by atoms with van der Waals surface area (Å²) in [6.07, 6.45) is 5.07. The zero-order chi connectivity index (χ0) is 19.5. The van der Waals surface area contributed by atoms with Crippen LogP contribution < -0.4 is 10.1 Å². The number of hydrogen-bond donors (Lipinski definition) is 1. The van der Waals surface area contributed by atoms with E-state index in [2.05, 4.69) is 20.4 Å². The number of amides is 1. The predicted molar refractivity (Wildman–Crippen MR) is 108 cm³/mol. The van der Waals surface area contributed by atoms with Crippen LogP contribution >= 0.6 is 11.3 Å². The molecule has 0 aliphatic carbocycles. The van der Waals surface area contributed by atoms with Crippen LogP contribution in [0, 0.1) is 6.92 Å². The van der Waals surface area contributed by atoms with E-state index in [0.29, 0.717) is 10.8 Å². The molecule has 140 valence electrons. The van der Waals surface area contributed by atoms with Gasteiger partial charge in [0.25, 0.3) is 5.91 Å². The minimum absolute atomic E-state index is 0.298. The van der Waals surface area contributed by atoms with Crippen molar-refractivity contribution in [2.75, 3.05) is 12.4 Å². The lowest BCUT2D eigenvalue weighted by molar-refractivity contribution is 0.102. The lowest BCUT2D eigenvalue weighted by atomic mass is 10.1. The molecule has 1 amide bonds. The number of aromatic nitrogens is 4. The Morgan fingerprint density at radius 1 is 1.18 bits per heavy atom. The first kappa shape index (κ1) is 17.9. The first-order valence-corrected chi connectivity index (χ1v) is 9.35. The van der Waals surface area contributed by atoms with Gasteiger partial charge in [0.15, 0.2) is 5.13 Å². The number of rotatable bonds is 5. The fourth-order valence-electron chi connectivity index (χ4n) is 2.74. The van der Waals surface area contributed by atoms with Crippen LogP contribution in [0.5, 0.6) is 5.75 Å². The number of carbonyl (C=O) groups is 1. The second-order valence-electron chi connectivity index (χ2n) is 5.96. The fourth-order valence-corrected chi connectivity index (χ4v) is 3.57. The number of anilines is 1. The smallest absolute Gasteiger partial charge is 0.276 e. The number of ether oxygens (including phenoxy) is 1. The Morgan fingerprint density at radius 2 is 2.00 bits per heavy atom. The quantitative estimate of drug-likeness (QED) is 0.557. The molecule has 0 atom stereocenters. The van der Waals surface area contributed by atoms with Gasteiger partial charge in [-0.2, -0.15) is 5.10 Å². The summed E-state index contributed by atoms with van der Waals surface area (Å²) in [5.74, 6) is 0.470. The van der Waals surface area contributed by atoms with E-state index in [9.17, 15) is 4.79 Å². The molecule has 3 aromatic heterocycles. The summed E-state index contributed by atoms with van der Waals surface area (Å²) in [5.41, 5.74) is 2.86. The normalized spacial score (nSPS) is 10.6. The van der Waals surface area contributed by atoms with Gasteiger partial charge >= 0.3 is 0 Å². The maximum Gasteiger partial charge on any atom is 0.276 e. The van der Waals surface area contributed by atoms with Gasteiger partial charge in [-0.15, -0.1) is 11.3 Å². The predicted octanol–water partition coefficient (Wildman–Crippen LogP) is 3.96. The second kappa shape index (κ2) is 7.61. The molecule has 0 unspecified atom stereocenters. The molecule has 1 N–H and O–H groups in total. The van der Waals surface area contributed by atoms with Crippen LogP contribution in [0.15, 0.2) is 61.1 Å². The van der Waals surface area contributed by atoms with Gasteiger partial charge in [0.2, 0.25) is 0 Å². The van der Waals surface area contributed by atoms with Crippen LogP contribution in [0.1, 0.15) is 15.4 Å². The molecular weight excluding hydrogens is 374 g/mol. The molecule has 28 heavy (non-hydrogen) atoms. The number of nitrogens with one attached hydrogen (secondary N) is 1. The molecule has 1 aromatic carbocycles. The van der Waals surface area contributed by atoms with Crippen LogP contribution in [0.2, 0.25) is 0 Å². The molecular formula is C20H17N5O2S. The molecule has 3 heterocycles. The Balaban J connectivity index is 1.55. The van der Waals surface area contributed by atoms with E-state index in [1.807, 2.05) is 43.5 Å². The van der Waals surface area contributed by atoms with Crippen molar-refractivity contribution < 1.29 is 9.53 Å². The number of benzene rings is 1. The summed E-state index contributed by atoms with van der Waals surface area (Å²) >= 11 is 1.42. The van der Waals surface area contributed by atoms with E-state index < -0.39 is 0 Å². The summed E-state index contributed by atoms with van der Waals surface area (Å²) < 4.78 is 6.86. The van der Waals surface area contributed by atoms with Crippen LogP contribution in [0.3, 0.4) is 0 Å². The van der Waals surface area contributed by atoms with Crippen molar-refractivity contribution in [2.24, 2.45) is 0 Å². The van der Waals surface area contributed by atoms with E-state index in [1.54, 1.807) is 36.3 Å². The monoisotopic (exact) mass is 391 g/mol. The van der Waals surface area contributed by atoms with Gasteiger partial charge in [0.1, 0.15) is 11.4 Å². The maximum atomic E-state index is 12.6. The van der Waals surface area contributed by atoms with Crippen LogP contribution in [-0.2, 0) is 0 Å². The number of hydrogen-bond acceptors (Lipinski definition) is 6. The summed E-state index contributed by atoms with van der Waals surface area (Å²) in [5, 5.41) is 7.53. The minimum atomic E-state index is -0.316. The van der Waals surface area contributed by atoms with Crippen molar-refractivity contribution >= 4 is 22.4 Å². The van der Waals surface area contributed by atoms with Crippen LogP contribution in [0.25, 0.3) is 16.9 Å². The molecule has 0 saturated heterocycles. The third kappa shape index (κ3) is 3.63. The molecule has 7 nitrogen and oxygen atoms in total. The van der Waals surface area contributed by atoms with Crippen molar-refractivity contribution in [1.82, 2.24) is 19.7 Å². The summed E-state index contributed by atoms with van der Waals surface area (Å²) in [6, 6.07) is 13.0. The highest BCUT2D eigenvalue weighted by Crippen LogP contribution is 2.31. The van der Waals surface area contributed by atoms with E-state index in [1.165, 1.54) is 11.3 Å². The van der Waals surface area contributed by atoms with Crippen LogP contribution in [0.4, 0.5) is 5.13 Å². The summed E-state index contributed by atoms with van der Waals surface area (Å²) in [7, 11) is 1.63. The van der Waals surface area contributed by atoms with Gasteiger partial charge in [0.05, 0.1) is 18.5 Å². The van der Waals surface area contributed by atoms with Gasteiger partial charge in [-0.3, -0.25) is 15.1 Å². The molecule has 0 aliphatic heterocycles. The topological polar surface area (TPSA) is 81.9 Å². The molecule has 8 heteroatoms. The Morgan fingerprint density at radius 3 is 2.71 bits per heavy atom. The van der Waals surface area contributed by atoms with Crippen molar-refractivity contribution in [2.45, 2.75) is 6.92 Å². The third-order valence-electron chi connectivity index (χ3n) is 4.13. The molecule has 0 aliphatic rings. The molecule has 0 fully saturated rings. The number of pyridine rings is 1. The Kier molecular flexibility index (Phi) is 4.86. The van der Waals surface area contributed by atoms with Crippen molar-refractivity contribution in [1.29, 1.82) is 0 Å². The van der Waals surface area contributed by atoms with E-state index in [4.69, 9.17) is 4.74 Å². The Bertz CT molecular complexity index is 1100. The summed E-state index contributed by atoms with van der Waals surface area (Å²) in [4.78, 5) is 22.4. The zero-order valence-corrected chi connectivity index (χ0v) is 16.1. The first-order chi connectivity index (χ1) is 13.6. The number of nitrogens with zero attached hydrogens (tertiary/aromatic N) is 4. The van der Waals surface area contributed by atoms with Gasteiger partial charge in [-0.05, 0) is 49.4 Å². The molecule has 0 radical (unpaired) electrons. The van der Waals surface area contributed by atoms with E-state index >= 15 is 0 Å². The minimum Gasteiger partial charge on any atom is -0.497 e. The third-order valence-corrected chi connectivity index (χ3v) is 5.01. The molecule has 4 rings (SSSR count). The first-order valence-electron chi connectivity index (χ1n) is 8.53. The molecule has 0 bridgehead atoms. The van der Waals surface area contributed by atoms with Gasteiger partial charge in [-0.25, -0.2) is 9.67 Å². The van der Waals surface area contributed by atoms with Crippen molar-refractivity contribution in [3.05, 3.63) is 71.6 Å². The Labute approximate surface area is 165 Å². The maximum absolute atomic E-state index is 12.6. The average molecular weight is 391 g/mol.